The number of imide groups is 1. The number of benzene rings is 1. The van der Waals surface area contributed by atoms with Crippen LogP contribution in [-0.4, -0.2) is 60.9 Å². The Morgan fingerprint density at radius 2 is 1.93 bits per heavy atom. The van der Waals surface area contributed by atoms with Crippen molar-refractivity contribution in [3.63, 3.8) is 0 Å². The van der Waals surface area contributed by atoms with E-state index in [-0.39, 0.29) is 35.6 Å². The molecular weight excluding hydrogens is 344 g/mol. The highest BCUT2D eigenvalue weighted by Crippen LogP contribution is 2.39. The van der Waals surface area contributed by atoms with Crippen LogP contribution in [0.5, 0.6) is 0 Å². The molecule has 7 nitrogen and oxygen atoms in total. The predicted molar refractivity (Wildman–Crippen MR) is 101 cm³/mol. The third-order valence-electron chi connectivity index (χ3n) is 6.11. The third kappa shape index (κ3) is 3.83. The lowest BCUT2D eigenvalue weighted by atomic mass is 9.86. The normalized spacial score (nSPS) is 28.2. The Kier molecular flexibility index (Phi) is 4.63. The molecule has 1 aromatic carbocycles. The number of urea groups is 1. The van der Waals surface area contributed by atoms with Crippen LogP contribution in [-0.2, 0) is 16.0 Å². The van der Waals surface area contributed by atoms with Crippen LogP contribution in [0.25, 0.3) is 0 Å². The van der Waals surface area contributed by atoms with Crippen LogP contribution < -0.4 is 10.6 Å². The molecule has 2 atom stereocenters. The van der Waals surface area contributed by atoms with Gasteiger partial charge < -0.3 is 15.1 Å². The Balaban J connectivity index is 1.31. The zero-order valence-corrected chi connectivity index (χ0v) is 15.7. The highest BCUT2D eigenvalue weighted by atomic mass is 16.2. The highest BCUT2D eigenvalue weighted by molar-refractivity contribution is 6.03. The number of carbonyl (C=O) groups is 3. The summed E-state index contributed by atoms with van der Waals surface area (Å²) in [7, 11) is 2.14. The minimum atomic E-state index is -0.289. The van der Waals surface area contributed by atoms with Gasteiger partial charge in [-0.2, -0.15) is 0 Å². The van der Waals surface area contributed by atoms with Gasteiger partial charge in [0.25, 0.3) is 0 Å². The van der Waals surface area contributed by atoms with Gasteiger partial charge in [-0.05, 0) is 50.6 Å². The fraction of sp³-hybridized carbons (Fsp3) is 0.550. The van der Waals surface area contributed by atoms with Gasteiger partial charge in [0.1, 0.15) is 0 Å². The average Bonchev–Trinajstić information content (AvgIpc) is 3.30. The largest absolute Gasteiger partial charge is 0.324 e. The van der Waals surface area contributed by atoms with E-state index in [1.807, 2.05) is 29.2 Å². The van der Waals surface area contributed by atoms with Crippen molar-refractivity contribution in [2.45, 2.75) is 25.7 Å². The molecule has 0 aliphatic carbocycles. The summed E-state index contributed by atoms with van der Waals surface area (Å²) in [6, 6.07) is 7.48. The van der Waals surface area contributed by atoms with E-state index in [4.69, 9.17) is 0 Å². The standard InChI is InChI=1S/C20H26N4O3/c1-23-8-6-20(12-23)7-9-24(13-20)19(27)21-16-4-2-14(3-5-16)10-15-11-17(25)22-18(15)26/h2-5,15H,6-13H2,1H3,(H,21,27)(H,22,25,26). The molecule has 7 heteroatoms. The van der Waals surface area contributed by atoms with E-state index in [1.165, 1.54) is 6.42 Å². The maximum Gasteiger partial charge on any atom is 0.321 e. The van der Waals surface area contributed by atoms with Crippen molar-refractivity contribution in [2.24, 2.45) is 11.3 Å². The van der Waals surface area contributed by atoms with Crippen LogP contribution in [0.2, 0.25) is 0 Å². The van der Waals surface area contributed by atoms with Gasteiger partial charge in [0.2, 0.25) is 11.8 Å². The maximum absolute atomic E-state index is 12.6. The number of likely N-dealkylation sites (tertiary alicyclic amines) is 2. The molecule has 0 bridgehead atoms. The first kappa shape index (κ1) is 18.0. The quantitative estimate of drug-likeness (QED) is 0.789. The van der Waals surface area contributed by atoms with Crippen LogP contribution in [0.4, 0.5) is 10.5 Å². The molecule has 27 heavy (non-hydrogen) atoms. The number of carbonyl (C=O) groups excluding carboxylic acids is 3. The Labute approximate surface area is 159 Å². The van der Waals surface area contributed by atoms with E-state index in [1.54, 1.807) is 0 Å². The topological polar surface area (TPSA) is 81.8 Å². The molecular formula is C20H26N4O3. The lowest BCUT2D eigenvalue weighted by Gasteiger charge is -2.24. The summed E-state index contributed by atoms with van der Waals surface area (Å²) in [5, 5.41) is 5.31. The number of nitrogens with one attached hydrogen (secondary N) is 2. The fourth-order valence-electron chi connectivity index (χ4n) is 4.58. The van der Waals surface area contributed by atoms with Gasteiger partial charge in [-0.1, -0.05) is 12.1 Å². The van der Waals surface area contributed by atoms with E-state index in [2.05, 4.69) is 22.6 Å². The molecule has 4 rings (SSSR count). The zero-order valence-electron chi connectivity index (χ0n) is 15.7. The molecule has 144 valence electrons. The highest BCUT2D eigenvalue weighted by Gasteiger charge is 2.43. The molecule has 2 N–H and O–H groups in total. The summed E-state index contributed by atoms with van der Waals surface area (Å²) in [6.07, 6.45) is 3.03. The summed E-state index contributed by atoms with van der Waals surface area (Å²) < 4.78 is 0. The zero-order chi connectivity index (χ0) is 19.0. The molecule has 1 spiro atoms. The molecule has 4 amide bonds. The van der Waals surface area contributed by atoms with Gasteiger partial charge in [-0.25, -0.2) is 4.79 Å². The lowest BCUT2D eigenvalue weighted by molar-refractivity contribution is -0.125. The van der Waals surface area contributed by atoms with Crippen LogP contribution in [0.3, 0.4) is 0 Å². The van der Waals surface area contributed by atoms with E-state index >= 15 is 0 Å². The van der Waals surface area contributed by atoms with Crippen molar-refractivity contribution in [2.75, 3.05) is 38.5 Å². The summed E-state index contributed by atoms with van der Waals surface area (Å²) in [5.41, 5.74) is 2.01. The molecule has 3 saturated heterocycles. The number of rotatable bonds is 3. The first-order chi connectivity index (χ1) is 12.9. The van der Waals surface area contributed by atoms with Crippen molar-refractivity contribution >= 4 is 23.5 Å². The Morgan fingerprint density at radius 3 is 2.56 bits per heavy atom. The molecule has 3 aliphatic heterocycles. The second-order valence-corrected chi connectivity index (χ2v) is 8.30. The smallest absolute Gasteiger partial charge is 0.321 e. The number of amides is 4. The number of nitrogens with zero attached hydrogens (tertiary/aromatic N) is 2. The maximum atomic E-state index is 12.6. The second-order valence-electron chi connectivity index (χ2n) is 8.30. The third-order valence-corrected chi connectivity index (χ3v) is 6.11. The molecule has 3 aliphatic rings. The minimum absolute atomic E-state index is 0.0463. The summed E-state index contributed by atoms with van der Waals surface area (Å²) >= 11 is 0. The minimum Gasteiger partial charge on any atom is -0.324 e. The van der Waals surface area contributed by atoms with Crippen molar-refractivity contribution in [3.8, 4) is 0 Å². The summed E-state index contributed by atoms with van der Waals surface area (Å²) in [6.45, 7) is 3.82. The van der Waals surface area contributed by atoms with E-state index in [0.717, 1.165) is 43.9 Å². The molecule has 0 saturated carbocycles. The monoisotopic (exact) mass is 370 g/mol. The van der Waals surface area contributed by atoms with Crippen LogP contribution in [0, 0.1) is 11.3 Å². The van der Waals surface area contributed by atoms with Gasteiger partial charge in [-0.15, -0.1) is 0 Å². The summed E-state index contributed by atoms with van der Waals surface area (Å²) in [5.74, 6) is -0.688. The first-order valence-electron chi connectivity index (χ1n) is 9.60. The van der Waals surface area contributed by atoms with E-state index in [0.29, 0.717) is 6.42 Å². The van der Waals surface area contributed by atoms with Gasteiger partial charge in [0, 0.05) is 37.2 Å². The Hall–Kier alpha value is -2.41. The van der Waals surface area contributed by atoms with Gasteiger partial charge in [0.15, 0.2) is 0 Å². The fourth-order valence-corrected chi connectivity index (χ4v) is 4.58. The number of hydrogen-bond acceptors (Lipinski definition) is 4. The van der Waals surface area contributed by atoms with E-state index in [9.17, 15) is 14.4 Å². The molecule has 0 aromatic heterocycles. The SMILES string of the molecule is CN1CCC2(CCN(C(=O)Nc3ccc(CC4CC(=O)NC4=O)cc3)C2)C1. The predicted octanol–water partition coefficient (Wildman–Crippen LogP) is 1.45. The average molecular weight is 370 g/mol. The first-order valence-corrected chi connectivity index (χ1v) is 9.60. The van der Waals surface area contributed by atoms with Crippen molar-refractivity contribution in [1.82, 2.24) is 15.1 Å². The van der Waals surface area contributed by atoms with Crippen LogP contribution in [0.15, 0.2) is 24.3 Å². The summed E-state index contributed by atoms with van der Waals surface area (Å²) in [4.78, 5) is 39.8. The van der Waals surface area contributed by atoms with Crippen LogP contribution >= 0.6 is 0 Å². The molecule has 0 radical (unpaired) electrons. The van der Waals surface area contributed by atoms with Crippen molar-refractivity contribution in [1.29, 1.82) is 0 Å². The van der Waals surface area contributed by atoms with Crippen molar-refractivity contribution in [3.05, 3.63) is 29.8 Å². The van der Waals surface area contributed by atoms with Gasteiger partial charge >= 0.3 is 6.03 Å². The lowest BCUT2D eigenvalue weighted by Crippen LogP contribution is -2.36. The van der Waals surface area contributed by atoms with Gasteiger partial charge in [0.05, 0.1) is 5.92 Å². The molecule has 2 unspecified atom stereocenters. The number of hydrogen-bond donors (Lipinski definition) is 2. The second kappa shape index (κ2) is 6.96. The van der Waals surface area contributed by atoms with Gasteiger partial charge in [-0.3, -0.25) is 14.9 Å². The molecule has 1 aromatic rings. The Bertz CT molecular complexity index is 763. The number of anilines is 1. The van der Waals surface area contributed by atoms with E-state index < -0.39 is 0 Å². The molecule has 3 heterocycles. The molecule has 3 fully saturated rings. The van der Waals surface area contributed by atoms with Crippen LogP contribution in [0.1, 0.15) is 24.8 Å². The Morgan fingerprint density at radius 1 is 1.19 bits per heavy atom. The van der Waals surface area contributed by atoms with Crippen molar-refractivity contribution < 1.29 is 14.4 Å².